The molecule has 0 bridgehead atoms. The van der Waals surface area contributed by atoms with Crippen LogP contribution >= 0.6 is 0 Å². The lowest BCUT2D eigenvalue weighted by Gasteiger charge is -2.32. The van der Waals surface area contributed by atoms with Crippen molar-refractivity contribution >= 4 is 11.8 Å². The highest BCUT2D eigenvalue weighted by atomic mass is 19.1. The summed E-state index contributed by atoms with van der Waals surface area (Å²) in [6, 6.07) is 22.4. The lowest BCUT2D eigenvalue weighted by Crippen LogP contribution is -2.53. The SMILES string of the molecule is CC(C)NC(=O)[C@@H](Cc1ccccc1)N(Cc1ccccc1F)C(=O)COc1ccc(C(C)C)cc1. The van der Waals surface area contributed by atoms with Crippen LogP contribution in [-0.2, 0) is 22.6 Å². The molecule has 6 heteroatoms. The Morgan fingerprint density at radius 1 is 0.889 bits per heavy atom. The number of halogens is 1. The second-order valence-electron chi connectivity index (χ2n) is 9.49. The van der Waals surface area contributed by atoms with E-state index < -0.39 is 17.8 Å². The van der Waals surface area contributed by atoms with Gasteiger partial charge in [0.05, 0.1) is 0 Å². The fourth-order valence-electron chi connectivity index (χ4n) is 3.92. The third-order valence-corrected chi connectivity index (χ3v) is 5.91. The number of rotatable bonds is 11. The van der Waals surface area contributed by atoms with Crippen molar-refractivity contribution < 1.29 is 18.7 Å². The first-order valence-electron chi connectivity index (χ1n) is 12.3. The molecular formula is C30H35FN2O3. The molecule has 1 N–H and O–H groups in total. The number of benzene rings is 3. The summed E-state index contributed by atoms with van der Waals surface area (Å²) in [6.07, 6.45) is 0.294. The predicted octanol–water partition coefficient (Wildman–Crippen LogP) is 5.49. The van der Waals surface area contributed by atoms with E-state index in [0.29, 0.717) is 23.7 Å². The maximum atomic E-state index is 14.6. The van der Waals surface area contributed by atoms with Crippen LogP contribution in [0.25, 0.3) is 0 Å². The molecule has 0 aliphatic carbocycles. The van der Waals surface area contributed by atoms with Gasteiger partial charge in [0, 0.05) is 24.6 Å². The summed E-state index contributed by atoms with van der Waals surface area (Å²) >= 11 is 0. The van der Waals surface area contributed by atoms with Crippen molar-refractivity contribution in [3.05, 3.63) is 101 Å². The van der Waals surface area contributed by atoms with Gasteiger partial charge in [0.15, 0.2) is 6.61 Å². The molecule has 5 nitrogen and oxygen atoms in total. The molecule has 0 saturated heterocycles. The monoisotopic (exact) mass is 490 g/mol. The fraction of sp³-hybridized carbons (Fsp3) is 0.333. The number of amides is 2. The molecule has 3 aromatic rings. The number of nitrogens with zero attached hydrogens (tertiary/aromatic N) is 1. The average molecular weight is 491 g/mol. The molecule has 0 spiro atoms. The van der Waals surface area contributed by atoms with Crippen LogP contribution in [0, 0.1) is 5.82 Å². The van der Waals surface area contributed by atoms with Crippen LogP contribution in [0.1, 0.15) is 50.3 Å². The Bertz CT molecular complexity index is 1130. The van der Waals surface area contributed by atoms with Gasteiger partial charge in [0.1, 0.15) is 17.6 Å². The predicted molar refractivity (Wildman–Crippen MR) is 140 cm³/mol. The van der Waals surface area contributed by atoms with Crippen molar-refractivity contribution in [2.75, 3.05) is 6.61 Å². The second-order valence-corrected chi connectivity index (χ2v) is 9.49. The van der Waals surface area contributed by atoms with Gasteiger partial charge >= 0.3 is 0 Å². The molecule has 0 aliphatic heterocycles. The molecule has 1 atom stereocenters. The number of ether oxygens (including phenoxy) is 1. The van der Waals surface area contributed by atoms with Gasteiger partial charge in [-0.25, -0.2) is 4.39 Å². The fourth-order valence-corrected chi connectivity index (χ4v) is 3.92. The zero-order valence-corrected chi connectivity index (χ0v) is 21.4. The van der Waals surface area contributed by atoms with E-state index in [1.807, 2.05) is 68.4 Å². The molecule has 0 aromatic heterocycles. The van der Waals surface area contributed by atoms with E-state index in [4.69, 9.17) is 4.74 Å². The average Bonchev–Trinajstić information content (AvgIpc) is 2.86. The molecule has 190 valence electrons. The molecule has 36 heavy (non-hydrogen) atoms. The first-order chi connectivity index (χ1) is 17.2. The normalized spacial score (nSPS) is 11.9. The van der Waals surface area contributed by atoms with Crippen LogP contribution in [0.3, 0.4) is 0 Å². The lowest BCUT2D eigenvalue weighted by atomic mass is 10.0. The minimum atomic E-state index is -0.839. The van der Waals surface area contributed by atoms with E-state index in [0.717, 1.165) is 5.56 Å². The van der Waals surface area contributed by atoms with E-state index >= 15 is 0 Å². The smallest absolute Gasteiger partial charge is 0.261 e. The van der Waals surface area contributed by atoms with Crippen LogP contribution in [0.2, 0.25) is 0 Å². The van der Waals surface area contributed by atoms with E-state index in [9.17, 15) is 14.0 Å². The minimum Gasteiger partial charge on any atom is -0.484 e. The van der Waals surface area contributed by atoms with Gasteiger partial charge in [-0.3, -0.25) is 9.59 Å². The number of carbonyl (C=O) groups is 2. The standard InChI is InChI=1S/C30H35FN2O3/c1-21(2)24-14-16-26(17-15-24)36-20-29(34)33(19-25-12-8-9-13-27(25)31)28(30(35)32-22(3)4)18-23-10-6-5-7-11-23/h5-17,21-22,28H,18-20H2,1-4H3,(H,32,35)/t28-/m1/s1. The highest BCUT2D eigenvalue weighted by Crippen LogP contribution is 2.20. The highest BCUT2D eigenvalue weighted by Gasteiger charge is 2.31. The Hall–Kier alpha value is -3.67. The van der Waals surface area contributed by atoms with Crippen LogP contribution < -0.4 is 10.1 Å². The van der Waals surface area contributed by atoms with E-state index in [2.05, 4.69) is 19.2 Å². The molecular weight excluding hydrogens is 455 g/mol. The summed E-state index contributed by atoms with van der Waals surface area (Å²) in [7, 11) is 0. The Morgan fingerprint density at radius 2 is 1.53 bits per heavy atom. The van der Waals surface area contributed by atoms with Crippen molar-refractivity contribution in [3.63, 3.8) is 0 Å². The van der Waals surface area contributed by atoms with Gasteiger partial charge in [-0.05, 0) is 49.1 Å². The molecule has 3 rings (SSSR count). The van der Waals surface area contributed by atoms with E-state index in [-0.39, 0.29) is 25.1 Å². The third-order valence-electron chi connectivity index (χ3n) is 5.91. The molecule has 0 heterocycles. The Balaban J connectivity index is 1.89. The van der Waals surface area contributed by atoms with Crippen molar-refractivity contribution in [3.8, 4) is 5.75 Å². The topological polar surface area (TPSA) is 58.6 Å². The van der Waals surface area contributed by atoms with Crippen LogP contribution in [0.5, 0.6) is 5.75 Å². The summed E-state index contributed by atoms with van der Waals surface area (Å²) in [4.78, 5) is 28.3. The van der Waals surface area contributed by atoms with Crippen LogP contribution in [0.4, 0.5) is 4.39 Å². The third kappa shape index (κ3) is 7.67. The van der Waals surface area contributed by atoms with Crippen molar-refractivity contribution in [2.45, 2.75) is 58.7 Å². The van der Waals surface area contributed by atoms with Crippen LogP contribution in [0.15, 0.2) is 78.9 Å². The molecule has 0 unspecified atom stereocenters. The van der Waals surface area contributed by atoms with E-state index in [1.54, 1.807) is 18.2 Å². The maximum absolute atomic E-state index is 14.6. The number of nitrogens with one attached hydrogen (secondary N) is 1. The van der Waals surface area contributed by atoms with Gasteiger partial charge in [0.2, 0.25) is 5.91 Å². The Morgan fingerprint density at radius 3 is 2.14 bits per heavy atom. The maximum Gasteiger partial charge on any atom is 0.261 e. The zero-order chi connectivity index (χ0) is 26.1. The number of hydrogen-bond donors (Lipinski definition) is 1. The number of hydrogen-bond acceptors (Lipinski definition) is 3. The quantitative estimate of drug-likeness (QED) is 0.387. The summed E-state index contributed by atoms with van der Waals surface area (Å²) in [5.41, 5.74) is 2.41. The van der Waals surface area contributed by atoms with Gasteiger partial charge in [0.25, 0.3) is 5.91 Å². The zero-order valence-electron chi connectivity index (χ0n) is 21.4. The van der Waals surface area contributed by atoms with Gasteiger partial charge in [-0.1, -0.05) is 74.5 Å². The molecule has 0 fully saturated rings. The number of carbonyl (C=O) groups excluding carboxylic acids is 2. The summed E-state index contributed by atoms with van der Waals surface area (Å²) in [5.74, 6) is -0.172. The Labute approximate surface area is 213 Å². The molecule has 0 aliphatic rings. The van der Waals surface area contributed by atoms with Gasteiger partial charge in [-0.15, -0.1) is 0 Å². The molecule has 2 amide bonds. The van der Waals surface area contributed by atoms with Gasteiger partial charge < -0.3 is 15.0 Å². The first kappa shape index (κ1) is 26.9. The Kier molecular flexibility index (Phi) is 9.62. The van der Waals surface area contributed by atoms with Crippen molar-refractivity contribution in [1.82, 2.24) is 10.2 Å². The van der Waals surface area contributed by atoms with Crippen LogP contribution in [-0.4, -0.2) is 35.4 Å². The second kappa shape index (κ2) is 12.9. The molecule has 3 aromatic carbocycles. The lowest BCUT2D eigenvalue weighted by molar-refractivity contribution is -0.143. The first-order valence-corrected chi connectivity index (χ1v) is 12.3. The van der Waals surface area contributed by atoms with E-state index in [1.165, 1.54) is 16.5 Å². The van der Waals surface area contributed by atoms with Gasteiger partial charge in [-0.2, -0.15) is 0 Å². The molecule has 0 radical (unpaired) electrons. The summed E-state index contributed by atoms with van der Waals surface area (Å²) in [6.45, 7) is 7.62. The van der Waals surface area contributed by atoms with Crippen molar-refractivity contribution in [2.24, 2.45) is 0 Å². The van der Waals surface area contributed by atoms with Crippen molar-refractivity contribution in [1.29, 1.82) is 0 Å². The highest BCUT2D eigenvalue weighted by molar-refractivity contribution is 5.88. The largest absolute Gasteiger partial charge is 0.484 e. The summed E-state index contributed by atoms with van der Waals surface area (Å²) < 4.78 is 20.4. The molecule has 0 saturated carbocycles. The summed E-state index contributed by atoms with van der Waals surface area (Å²) in [5, 5.41) is 2.92. The minimum absolute atomic E-state index is 0.0514.